The van der Waals surface area contributed by atoms with E-state index in [0.717, 1.165) is 0 Å². The molecule has 0 heterocycles. The summed E-state index contributed by atoms with van der Waals surface area (Å²) in [7, 11) is 0. The predicted octanol–water partition coefficient (Wildman–Crippen LogP) is 3.35. The highest BCUT2D eigenvalue weighted by atomic mass is 32.1. The molecule has 0 aromatic heterocycles. The summed E-state index contributed by atoms with van der Waals surface area (Å²) in [6.07, 6.45) is 6.82. The van der Waals surface area contributed by atoms with Gasteiger partial charge in [0, 0.05) is 0 Å². The van der Waals surface area contributed by atoms with Crippen LogP contribution in [0.15, 0.2) is 0 Å². The third-order valence-corrected chi connectivity index (χ3v) is 3.30. The molecule has 0 atom stereocenters. The van der Waals surface area contributed by atoms with Crippen LogP contribution in [0.2, 0.25) is 0 Å². The highest BCUT2D eigenvalue weighted by molar-refractivity contribution is 7.80. The molecule has 1 aliphatic carbocycles. The summed E-state index contributed by atoms with van der Waals surface area (Å²) >= 11 is 5.23. The van der Waals surface area contributed by atoms with Crippen molar-refractivity contribution in [2.24, 2.45) is 5.41 Å². The first-order chi connectivity index (χ1) is 4.65. The lowest BCUT2D eigenvalue weighted by Crippen LogP contribution is -2.26. The molecule has 0 spiro atoms. The standard InChI is InChI=1S/C9H16S/c1-8(10)9(2)6-4-3-5-7-9/h3-7H2,1-2H3. The Bertz CT molecular complexity index is 132. The minimum Gasteiger partial charge on any atom is -0.0894 e. The van der Waals surface area contributed by atoms with Crippen molar-refractivity contribution in [1.82, 2.24) is 0 Å². The first kappa shape index (κ1) is 8.19. The average Bonchev–Trinajstić information content (AvgIpc) is 1.89. The fourth-order valence-electron chi connectivity index (χ4n) is 1.68. The summed E-state index contributed by atoms with van der Waals surface area (Å²) < 4.78 is 0. The van der Waals surface area contributed by atoms with E-state index in [-0.39, 0.29) is 0 Å². The van der Waals surface area contributed by atoms with Gasteiger partial charge >= 0.3 is 0 Å². The number of hydrogen-bond acceptors (Lipinski definition) is 1. The van der Waals surface area contributed by atoms with Gasteiger partial charge in [-0.15, -0.1) is 0 Å². The van der Waals surface area contributed by atoms with E-state index < -0.39 is 0 Å². The molecule has 0 aromatic carbocycles. The van der Waals surface area contributed by atoms with Crippen LogP contribution in [0.1, 0.15) is 46.0 Å². The zero-order valence-corrected chi connectivity index (χ0v) is 7.76. The van der Waals surface area contributed by atoms with Gasteiger partial charge in [0.1, 0.15) is 0 Å². The first-order valence-electron chi connectivity index (χ1n) is 4.16. The summed E-state index contributed by atoms with van der Waals surface area (Å²) in [4.78, 5) is 1.22. The Morgan fingerprint density at radius 1 is 1.20 bits per heavy atom. The molecule has 1 aliphatic rings. The molecule has 58 valence electrons. The molecule has 0 saturated heterocycles. The molecule has 0 bridgehead atoms. The Labute approximate surface area is 69.0 Å². The van der Waals surface area contributed by atoms with Crippen LogP contribution < -0.4 is 0 Å². The van der Waals surface area contributed by atoms with Gasteiger partial charge in [-0.25, -0.2) is 0 Å². The van der Waals surface area contributed by atoms with Gasteiger partial charge in [0.2, 0.25) is 0 Å². The normalized spacial score (nSPS) is 24.2. The van der Waals surface area contributed by atoms with Gasteiger partial charge in [-0.2, -0.15) is 0 Å². The van der Waals surface area contributed by atoms with Crippen LogP contribution in [0.25, 0.3) is 0 Å². The summed E-state index contributed by atoms with van der Waals surface area (Å²) in [5.74, 6) is 0. The Hall–Kier alpha value is 0.0900. The molecule has 1 rings (SSSR count). The van der Waals surface area contributed by atoms with E-state index in [2.05, 4.69) is 13.8 Å². The Morgan fingerprint density at radius 3 is 2.00 bits per heavy atom. The molecule has 0 N–H and O–H groups in total. The molecule has 0 radical (unpaired) electrons. The predicted molar refractivity (Wildman–Crippen MR) is 49.5 cm³/mol. The minimum atomic E-state index is 0.410. The summed E-state index contributed by atoms with van der Waals surface area (Å²) in [5.41, 5.74) is 0.410. The molecule has 0 unspecified atom stereocenters. The molecule has 1 saturated carbocycles. The molecular weight excluding hydrogens is 140 g/mol. The molecule has 0 amide bonds. The zero-order valence-electron chi connectivity index (χ0n) is 6.94. The second kappa shape index (κ2) is 3.00. The Morgan fingerprint density at radius 2 is 1.70 bits per heavy atom. The number of hydrogen-bond donors (Lipinski definition) is 0. The largest absolute Gasteiger partial charge is 0.0894 e. The van der Waals surface area contributed by atoms with Crippen LogP contribution >= 0.6 is 12.2 Å². The lowest BCUT2D eigenvalue weighted by molar-refractivity contribution is 0.315. The quantitative estimate of drug-likeness (QED) is 0.525. The van der Waals surface area contributed by atoms with Gasteiger partial charge in [-0.1, -0.05) is 38.4 Å². The van der Waals surface area contributed by atoms with Crippen LogP contribution in [0.5, 0.6) is 0 Å². The van der Waals surface area contributed by atoms with Gasteiger partial charge in [-0.3, -0.25) is 0 Å². The van der Waals surface area contributed by atoms with Crippen molar-refractivity contribution in [3.8, 4) is 0 Å². The molecular formula is C9H16S. The molecule has 0 aliphatic heterocycles. The zero-order chi connectivity index (χ0) is 7.61. The van der Waals surface area contributed by atoms with E-state index in [1.165, 1.54) is 37.0 Å². The molecule has 0 aromatic rings. The number of rotatable bonds is 1. The smallest absolute Gasteiger partial charge is 0.00145 e. The van der Waals surface area contributed by atoms with Crippen molar-refractivity contribution in [3.63, 3.8) is 0 Å². The summed E-state index contributed by atoms with van der Waals surface area (Å²) in [6.45, 7) is 4.41. The Balaban J connectivity index is 2.56. The van der Waals surface area contributed by atoms with Gasteiger partial charge in [0.15, 0.2) is 0 Å². The van der Waals surface area contributed by atoms with Crippen molar-refractivity contribution in [2.75, 3.05) is 0 Å². The monoisotopic (exact) mass is 156 g/mol. The van der Waals surface area contributed by atoms with Gasteiger partial charge in [0.25, 0.3) is 0 Å². The van der Waals surface area contributed by atoms with Crippen molar-refractivity contribution in [3.05, 3.63) is 0 Å². The first-order valence-corrected chi connectivity index (χ1v) is 4.57. The van der Waals surface area contributed by atoms with Gasteiger partial charge in [-0.05, 0) is 30.0 Å². The lowest BCUT2D eigenvalue weighted by Gasteiger charge is -2.32. The third kappa shape index (κ3) is 1.57. The highest BCUT2D eigenvalue weighted by Gasteiger charge is 2.28. The van der Waals surface area contributed by atoms with E-state index in [0.29, 0.717) is 5.41 Å². The van der Waals surface area contributed by atoms with E-state index in [1.54, 1.807) is 0 Å². The van der Waals surface area contributed by atoms with Crippen molar-refractivity contribution in [1.29, 1.82) is 0 Å². The van der Waals surface area contributed by atoms with Crippen LogP contribution in [-0.4, -0.2) is 4.86 Å². The van der Waals surface area contributed by atoms with Crippen LogP contribution in [0.3, 0.4) is 0 Å². The summed E-state index contributed by atoms with van der Waals surface area (Å²) in [6, 6.07) is 0. The van der Waals surface area contributed by atoms with E-state index in [4.69, 9.17) is 12.2 Å². The number of thiocarbonyl (C=S) groups is 1. The lowest BCUT2D eigenvalue weighted by atomic mass is 9.74. The van der Waals surface area contributed by atoms with Gasteiger partial charge in [0.05, 0.1) is 0 Å². The van der Waals surface area contributed by atoms with Gasteiger partial charge < -0.3 is 0 Å². The second-order valence-electron chi connectivity index (χ2n) is 3.68. The average molecular weight is 156 g/mol. The van der Waals surface area contributed by atoms with E-state index in [1.807, 2.05) is 0 Å². The second-order valence-corrected chi connectivity index (χ2v) is 4.29. The van der Waals surface area contributed by atoms with Crippen LogP contribution in [-0.2, 0) is 0 Å². The van der Waals surface area contributed by atoms with Crippen LogP contribution in [0, 0.1) is 5.41 Å². The topological polar surface area (TPSA) is 0 Å². The van der Waals surface area contributed by atoms with Crippen molar-refractivity contribution < 1.29 is 0 Å². The van der Waals surface area contributed by atoms with E-state index >= 15 is 0 Å². The molecule has 0 nitrogen and oxygen atoms in total. The van der Waals surface area contributed by atoms with Crippen molar-refractivity contribution >= 4 is 17.1 Å². The Kier molecular flexibility index (Phi) is 2.45. The fraction of sp³-hybridized carbons (Fsp3) is 0.889. The molecule has 10 heavy (non-hydrogen) atoms. The highest BCUT2D eigenvalue weighted by Crippen LogP contribution is 2.36. The fourth-order valence-corrected chi connectivity index (χ4v) is 1.89. The maximum absolute atomic E-state index is 5.23. The molecule has 1 heteroatoms. The molecule has 1 fully saturated rings. The van der Waals surface area contributed by atoms with E-state index in [9.17, 15) is 0 Å². The van der Waals surface area contributed by atoms with Crippen molar-refractivity contribution in [2.45, 2.75) is 46.0 Å². The third-order valence-electron chi connectivity index (χ3n) is 2.81. The maximum atomic E-state index is 5.23. The SMILES string of the molecule is CC(=S)C1(C)CCCCC1. The maximum Gasteiger partial charge on any atom is -0.00145 e. The van der Waals surface area contributed by atoms with Crippen LogP contribution in [0.4, 0.5) is 0 Å². The summed E-state index contributed by atoms with van der Waals surface area (Å²) in [5, 5.41) is 0. The minimum absolute atomic E-state index is 0.410.